The fourth-order valence-corrected chi connectivity index (χ4v) is 3.81. The number of methoxy groups -OCH3 is 4. The van der Waals surface area contributed by atoms with Gasteiger partial charge in [0.1, 0.15) is 35.4 Å². The van der Waals surface area contributed by atoms with Crippen molar-refractivity contribution in [2.45, 2.75) is 13.0 Å². The summed E-state index contributed by atoms with van der Waals surface area (Å²) in [6, 6.07) is 10.0. The summed E-state index contributed by atoms with van der Waals surface area (Å²) < 4.78 is 23.3. The predicted molar refractivity (Wildman–Crippen MR) is 122 cm³/mol. The van der Waals surface area contributed by atoms with Crippen LogP contribution < -0.4 is 29.6 Å². The molecule has 1 amide bonds. The second kappa shape index (κ2) is 9.11. The molecule has 172 valence electrons. The lowest BCUT2D eigenvalue weighted by Gasteiger charge is -2.29. The van der Waals surface area contributed by atoms with E-state index in [2.05, 4.69) is 20.7 Å². The van der Waals surface area contributed by atoms with Crippen LogP contribution in [0.15, 0.2) is 54.0 Å². The second-order valence-electron chi connectivity index (χ2n) is 7.22. The number of nitrogens with zero attached hydrogens (tertiary/aromatic N) is 3. The first-order valence-corrected chi connectivity index (χ1v) is 10.1. The van der Waals surface area contributed by atoms with E-state index < -0.39 is 6.04 Å². The number of aromatic nitrogens is 3. The number of rotatable bonds is 7. The molecular weight excluding hydrogens is 426 g/mol. The molecule has 2 N–H and O–H groups in total. The minimum Gasteiger partial charge on any atom is -0.497 e. The van der Waals surface area contributed by atoms with Crippen LogP contribution in [0, 0.1) is 0 Å². The van der Waals surface area contributed by atoms with Crippen LogP contribution in [-0.2, 0) is 4.79 Å². The molecule has 3 aromatic rings. The SMILES string of the molecule is COc1ccc(NC(=O)C2=C(C)Nc3ncnn3[C@@H]2c2ccc(OC)cc2OC)c(OC)c1. The van der Waals surface area contributed by atoms with Crippen LogP contribution in [0.1, 0.15) is 18.5 Å². The Morgan fingerprint density at radius 1 is 0.970 bits per heavy atom. The Morgan fingerprint density at radius 3 is 2.30 bits per heavy atom. The lowest BCUT2D eigenvalue weighted by molar-refractivity contribution is -0.113. The van der Waals surface area contributed by atoms with Crippen molar-refractivity contribution in [2.24, 2.45) is 0 Å². The van der Waals surface area contributed by atoms with Crippen molar-refractivity contribution >= 4 is 17.5 Å². The normalized spacial score (nSPS) is 14.8. The van der Waals surface area contributed by atoms with Gasteiger partial charge in [0.05, 0.1) is 39.7 Å². The van der Waals surface area contributed by atoms with Crippen LogP contribution in [0.2, 0.25) is 0 Å². The highest BCUT2D eigenvalue weighted by Crippen LogP contribution is 2.41. The van der Waals surface area contributed by atoms with E-state index in [9.17, 15) is 4.79 Å². The number of carbonyl (C=O) groups is 1. The molecule has 1 aliphatic rings. The zero-order valence-corrected chi connectivity index (χ0v) is 19.0. The number of amides is 1. The number of allylic oxidation sites excluding steroid dienone is 1. The van der Waals surface area contributed by atoms with Crippen molar-refractivity contribution in [1.29, 1.82) is 0 Å². The van der Waals surface area contributed by atoms with Crippen molar-refractivity contribution in [3.05, 3.63) is 59.6 Å². The number of hydrogen-bond acceptors (Lipinski definition) is 8. The summed E-state index contributed by atoms with van der Waals surface area (Å²) in [4.78, 5) is 17.9. The number of ether oxygens (including phenoxy) is 4. The quantitative estimate of drug-likeness (QED) is 0.564. The van der Waals surface area contributed by atoms with Gasteiger partial charge < -0.3 is 29.6 Å². The molecule has 0 saturated heterocycles. The summed E-state index contributed by atoms with van der Waals surface area (Å²) in [5.41, 5.74) is 2.34. The average molecular weight is 451 g/mol. The van der Waals surface area contributed by atoms with Gasteiger partial charge in [0.15, 0.2) is 0 Å². The summed E-state index contributed by atoms with van der Waals surface area (Å²) in [6.45, 7) is 1.82. The first-order valence-electron chi connectivity index (χ1n) is 10.1. The molecule has 2 aromatic carbocycles. The first kappa shape index (κ1) is 22.0. The largest absolute Gasteiger partial charge is 0.497 e. The fraction of sp³-hybridized carbons (Fsp3) is 0.261. The summed E-state index contributed by atoms with van der Waals surface area (Å²) in [5, 5.41) is 10.5. The molecule has 10 nitrogen and oxygen atoms in total. The zero-order chi connectivity index (χ0) is 23.5. The smallest absolute Gasteiger partial charge is 0.255 e. The van der Waals surface area contributed by atoms with Gasteiger partial charge in [-0.1, -0.05) is 0 Å². The summed E-state index contributed by atoms with van der Waals surface area (Å²) in [5.74, 6) is 2.49. The zero-order valence-electron chi connectivity index (χ0n) is 19.0. The predicted octanol–water partition coefficient (Wildman–Crippen LogP) is 3.24. The maximum atomic E-state index is 13.6. The molecule has 0 spiro atoms. The van der Waals surface area contributed by atoms with Gasteiger partial charge in [-0.3, -0.25) is 4.79 Å². The van der Waals surface area contributed by atoms with E-state index in [0.717, 1.165) is 5.56 Å². The Bertz CT molecular complexity index is 1220. The monoisotopic (exact) mass is 451 g/mol. The molecule has 1 aromatic heterocycles. The number of benzene rings is 2. The first-order chi connectivity index (χ1) is 16.0. The standard InChI is InChI=1S/C23H25N5O5/c1-13-20(22(29)27-17-9-7-15(31-3)11-19(17)33-5)21(28-23(26-13)24-12-25-28)16-8-6-14(30-2)10-18(16)32-4/h6-12,21H,1-5H3,(H,27,29)(H,24,25,26)/t21-/m1/s1. The number of carbonyl (C=O) groups excluding carboxylic acids is 1. The van der Waals surface area contributed by atoms with E-state index in [0.29, 0.717) is 45.9 Å². The van der Waals surface area contributed by atoms with Crippen molar-refractivity contribution in [3.8, 4) is 23.0 Å². The fourth-order valence-electron chi connectivity index (χ4n) is 3.81. The molecule has 10 heteroatoms. The summed E-state index contributed by atoms with van der Waals surface area (Å²) in [6.07, 6.45) is 1.44. The Balaban J connectivity index is 1.79. The van der Waals surface area contributed by atoms with Gasteiger partial charge in [-0.15, -0.1) is 0 Å². The lowest BCUT2D eigenvalue weighted by atomic mass is 9.94. The third-order valence-corrected chi connectivity index (χ3v) is 5.43. The van der Waals surface area contributed by atoms with Gasteiger partial charge in [-0.25, -0.2) is 4.68 Å². The number of nitrogens with one attached hydrogen (secondary N) is 2. The van der Waals surface area contributed by atoms with E-state index >= 15 is 0 Å². The average Bonchev–Trinajstić information content (AvgIpc) is 3.30. The molecular formula is C23H25N5O5. The topological polar surface area (TPSA) is 109 Å². The van der Waals surface area contributed by atoms with Crippen LogP contribution in [0.25, 0.3) is 0 Å². The molecule has 0 fully saturated rings. The third-order valence-electron chi connectivity index (χ3n) is 5.43. The Hall–Kier alpha value is -4.21. The van der Waals surface area contributed by atoms with Crippen LogP contribution >= 0.6 is 0 Å². The van der Waals surface area contributed by atoms with Gasteiger partial charge >= 0.3 is 0 Å². The highest BCUT2D eigenvalue weighted by molar-refractivity contribution is 6.06. The van der Waals surface area contributed by atoms with Crippen molar-refractivity contribution in [3.63, 3.8) is 0 Å². The minimum atomic E-state index is -0.589. The van der Waals surface area contributed by atoms with E-state index in [-0.39, 0.29) is 5.91 Å². The van der Waals surface area contributed by atoms with Crippen LogP contribution in [-0.4, -0.2) is 49.1 Å². The van der Waals surface area contributed by atoms with Gasteiger partial charge in [0, 0.05) is 23.4 Å². The third kappa shape index (κ3) is 4.02. The highest BCUT2D eigenvalue weighted by Gasteiger charge is 2.35. The molecule has 0 aliphatic carbocycles. The molecule has 0 bridgehead atoms. The molecule has 1 atom stereocenters. The molecule has 2 heterocycles. The van der Waals surface area contributed by atoms with E-state index in [1.54, 1.807) is 50.3 Å². The van der Waals surface area contributed by atoms with Crippen molar-refractivity contribution < 1.29 is 23.7 Å². The van der Waals surface area contributed by atoms with E-state index in [1.807, 2.05) is 19.1 Å². The van der Waals surface area contributed by atoms with Crippen LogP contribution in [0.4, 0.5) is 11.6 Å². The molecule has 1 aliphatic heterocycles. The van der Waals surface area contributed by atoms with Crippen molar-refractivity contribution in [1.82, 2.24) is 14.8 Å². The van der Waals surface area contributed by atoms with E-state index in [4.69, 9.17) is 18.9 Å². The van der Waals surface area contributed by atoms with Gasteiger partial charge in [-0.2, -0.15) is 10.1 Å². The number of anilines is 2. The second-order valence-corrected chi connectivity index (χ2v) is 7.22. The van der Waals surface area contributed by atoms with Crippen LogP contribution in [0.3, 0.4) is 0 Å². The highest BCUT2D eigenvalue weighted by atomic mass is 16.5. The van der Waals surface area contributed by atoms with Crippen molar-refractivity contribution in [2.75, 3.05) is 39.1 Å². The maximum absolute atomic E-state index is 13.6. The molecule has 0 radical (unpaired) electrons. The number of fused-ring (bicyclic) bond motifs is 1. The van der Waals surface area contributed by atoms with E-state index in [1.165, 1.54) is 13.4 Å². The maximum Gasteiger partial charge on any atom is 0.255 e. The minimum absolute atomic E-state index is 0.326. The van der Waals surface area contributed by atoms with Gasteiger partial charge in [0.25, 0.3) is 5.91 Å². The lowest BCUT2D eigenvalue weighted by Crippen LogP contribution is -2.31. The van der Waals surface area contributed by atoms with Gasteiger partial charge in [-0.05, 0) is 31.2 Å². The number of hydrogen-bond donors (Lipinski definition) is 2. The molecule has 0 saturated carbocycles. The Kier molecular flexibility index (Phi) is 6.07. The molecule has 33 heavy (non-hydrogen) atoms. The van der Waals surface area contributed by atoms with Crippen LogP contribution in [0.5, 0.6) is 23.0 Å². The summed E-state index contributed by atoms with van der Waals surface area (Å²) >= 11 is 0. The Labute approximate surface area is 191 Å². The van der Waals surface area contributed by atoms with Gasteiger partial charge in [0.2, 0.25) is 5.95 Å². The summed E-state index contributed by atoms with van der Waals surface area (Å²) in [7, 11) is 6.25. The Morgan fingerprint density at radius 2 is 1.64 bits per heavy atom. The molecule has 0 unspecified atom stereocenters. The molecule has 4 rings (SSSR count).